The Balaban J connectivity index is 0.000000795. The maximum absolute atomic E-state index is 5.03. The Labute approximate surface area is 215 Å². The molecule has 4 rings (SSSR count). The van der Waals surface area contributed by atoms with Gasteiger partial charge >= 0.3 is 0 Å². The Morgan fingerprint density at radius 2 is 1.74 bits per heavy atom. The van der Waals surface area contributed by atoms with Gasteiger partial charge in [0.05, 0.1) is 5.69 Å². The SMILES string of the molecule is C=C(/C=C\C=C/CC)C(C)N1CCc2cnc(N3CCN(C4CCC4)CC3)nc2CC1.CCCC. The molecule has 5 nitrogen and oxygen atoms in total. The molecule has 0 radical (unpaired) electrons. The van der Waals surface area contributed by atoms with Crippen LogP contribution in [-0.4, -0.2) is 71.1 Å². The molecule has 0 N–H and O–H groups in total. The van der Waals surface area contributed by atoms with Gasteiger partial charge in [-0.2, -0.15) is 0 Å². The van der Waals surface area contributed by atoms with Crippen LogP contribution in [0.3, 0.4) is 0 Å². The van der Waals surface area contributed by atoms with Crippen molar-refractivity contribution in [3.05, 3.63) is 53.9 Å². The fourth-order valence-corrected chi connectivity index (χ4v) is 4.83. The highest BCUT2D eigenvalue weighted by molar-refractivity contribution is 5.35. The fraction of sp³-hybridized carbons (Fsp3) is 0.667. The van der Waals surface area contributed by atoms with Crippen LogP contribution in [0.15, 0.2) is 42.7 Å². The lowest BCUT2D eigenvalue weighted by Gasteiger charge is -2.43. The first-order valence-electron chi connectivity index (χ1n) is 14.2. The summed E-state index contributed by atoms with van der Waals surface area (Å²) < 4.78 is 0. The molecule has 0 aromatic carbocycles. The zero-order valence-electron chi connectivity index (χ0n) is 22.9. The minimum atomic E-state index is 0.340. The molecule has 3 aliphatic rings. The van der Waals surface area contributed by atoms with Crippen LogP contribution < -0.4 is 4.90 Å². The summed E-state index contributed by atoms with van der Waals surface area (Å²) in [5, 5.41) is 0. The highest BCUT2D eigenvalue weighted by Crippen LogP contribution is 2.26. The van der Waals surface area contributed by atoms with Gasteiger partial charge in [0.2, 0.25) is 5.95 Å². The molecule has 5 heteroatoms. The highest BCUT2D eigenvalue weighted by atomic mass is 15.3. The van der Waals surface area contributed by atoms with E-state index in [1.807, 2.05) is 0 Å². The normalized spacial score (nSPS) is 20.7. The number of nitrogens with zero attached hydrogens (tertiary/aromatic N) is 5. The van der Waals surface area contributed by atoms with E-state index in [4.69, 9.17) is 9.97 Å². The molecule has 2 aliphatic heterocycles. The van der Waals surface area contributed by atoms with Crippen molar-refractivity contribution >= 4 is 5.95 Å². The highest BCUT2D eigenvalue weighted by Gasteiger charge is 2.29. The van der Waals surface area contributed by atoms with E-state index in [9.17, 15) is 0 Å². The molecular weight excluding hydrogens is 430 g/mol. The summed E-state index contributed by atoms with van der Waals surface area (Å²) in [6, 6.07) is 1.18. The van der Waals surface area contributed by atoms with Gasteiger partial charge in [-0.05, 0) is 43.7 Å². The van der Waals surface area contributed by atoms with Gasteiger partial charge in [-0.15, -0.1) is 0 Å². The molecule has 35 heavy (non-hydrogen) atoms. The van der Waals surface area contributed by atoms with Crippen LogP contribution in [0.25, 0.3) is 0 Å². The Morgan fingerprint density at radius 3 is 2.37 bits per heavy atom. The number of fused-ring (bicyclic) bond motifs is 1. The largest absolute Gasteiger partial charge is 0.338 e. The van der Waals surface area contributed by atoms with Gasteiger partial charge in [0.1, 0.15) is 0 Å². The third-order valence-corrected chi connectivity index (χ3v) is 7.81. The van der Waals surface area contributed by atoms with Crippen molar-refractivity contribution in [1.82, 2.24) is 19.8 Å². The Morgan fingerprint density at radius 1 is 1.03 bits per heavy atom. The lowest BCUT2D eigenvalue weighted by molar-refractivity contribution is 0.120. The molecule has 1 saturated heterocycles. The number of hydrogen-bond acceptors (Lipinski definition) is 5. The van der Waals surface area contributed by atoms with Crippen molar-refractivity contribution < 1.29 is 0 Å². The number of piperazine rings is 1. The second-order valence-electron chi connectivity index (χ2n) is 10.2. The minimum absolute atomic E-state index is 0.340. The predicted octanol–water partition coefficient (Wildman–Crippen LogP) is 5.83. The van der Waals surface area contributed by atoms with Crippen LogP contribution >= 0.6 is 0 Å². The maximum atomic E-state index is 5.03. The van der Waals surface area contributed by atoms with Gasteiger partial charge in [0.15, 0.2) is 0 Å². The number of hydrogen-bond donors (Lipinski definition) is 0. The first-order valence-corrected chi connectivity index (χ1v) is 14.2. The van der Waals surface area contributed by atoms with Crippen LogP contribution in [0, 0.1) is 0 Å². The lowest BCUT2D eigenvalue weighted by atomic mass is 9.91. The average Bonchev–Trinajstić information content (AvgIpc) is 3.08. The molecule has 0 spiro atoms. The summed E-state index contributed by atoms with van der Waals surface area (Å²) in [5.41, 5.74) is 3.73. The zero-order chi connectivity index (χ0) is 25.0. The summed E-state index contributed by atoms with van der Waals surface area (Å²) >= 11 is 0. The Kier molecular flexibility index (Phi) is 11.5. The van der Waals surface area contributed by atoms with E-state index < -0.39 is 0 Å². The van der Waals surface area contributed by atoms with Gasteiger partial charge in [-0.3, -0.25) is 9.80 Å². The number of rotatable bonds is 8. The van der Waals surface area contributed by atoms with Crippen LogP contribution in [0.5, 0.6) is 0 Å². The minimum Gasteiger partial charge on any atom is -0.338 e. The number of unbranched alkanes of at least 4 members (excludes halogenated alkanes) is 1. The second kappa shape index (κ2) is 14.5. The van der Waals surface area contributed by atoms with Crippen LogP contribution in [0.2, 0.25) is 0 Å². The summed E-state index contributed by atoms with van der Waals surface area (Å²) in [5.74, 6) is 0.934. The lowest BCUT2D eigenvalue weighted by Crippen LogP contribution is -2.52. The first-order chi connectivity index (χ1) is 17.1. The smallest absolute Gasteiger partial charge is 0.225 e. The predicted molar refractivity (Wildman–Crippen MR) is 150 cm³/mol. The summed E-state index contributed by atoms with van der Waals surface area (Å²) in [6.45, 7) is 19.6. The van der Waals surface area contributed by atoms with Gasteiger partial charge < -0.3 is 4.90 Å². The van der Waals surface area contributed by atoms with Crippen molar-refractivity contribution in [2.45, 2.75) is 91.1 Å². The van der Waals surface area contributed by atoms with E-state index in [0.29, 0.717) is 6.04 Å². The standard InChI is InChI=1S/C26H39N5.C4H10/c1-4-5-6-7-9-21(2)22(3)29-14-12-23-20-27-26(28-25(23)13-15-29)31-18-16-30(17-19-31)24-10-8-11-24;1-3-4-2/h5-7,9,20,22,24H,2,4,8,10-19H2,1,3H3;3-4H2,1-2H3/b6-5-,9-7-;. The average molecular weight is 480 g/mol. The Bertz CT molecular complexity index is 831. The molecule has 1 atom stereocenters. The van der Waals surface area contributed by atoms with Crippen molar-refractivity contribution in [1.29, 1.82) is 0 Å². The quantitative estimate of drug-likeness (QED) is 0.439. The van der Waals surface area contributed by atoms with Crippen molar-refractivity contribution in [2.75, 3.05) is 44.2 Å². The molecule has 1 aromatic heterocycles. The fourth-order valence-electron chi connectivity index (χ4n) is 4.83. The van der Waals surface area contributed by atoms with E-state index in [0.717, 1.165) is 70.5 Å². The topological polar surface area (TPSA) is 35.5 Å². The summed E-state index contributed by atoms with van der Waals surface area (Å²) in [6.07, 6.45) is 20.5. The number of aromatic nitrogens is 2. The van der Waals surface area contributed by atoms with Gasteiger partial charge in [-0.1, -0.05) is 70.9 Å². The molecule has 1 unspecified atom stereocenters. The maximum Gasteiger partial charge on any atom is 0.225 e. The van der Waals surface area contributed by atoms with E-state index in [1.54, 1.807) is 0 Å². The second-order valence-corrected chi connectivity index (χ2v) is 10.2. The number of anilines is 1. The van der Waals surface area contributed by atoms with Gasteiger partial charge in [0.25, 0.3) is 0 Å². The van der Waals surface area contributed by atoms with Crippen LogP contribution in [-0.2, 0) is 12.8 Å². The van der Waals surface area contributed by atoms with E-state index in [2.05, 4.69) is 79.5 Å². The molecule has 0 bridgehead atoms. The molecule has 3 heterocycles. The van der Waals surface area contributed by atoms with E-state index in [1.165, 1.54) is 48.9 Å². The molecule has 194 valence electrons. The Hall–Kier alpha value is -1.98. The van der Waals surface area contributed by atoms with E-state index in [-0.39, 0.29) is 0 Å². The van der Waals surface area contributed by atoms with Crippen molar-refractivity contribution in [2.24, 2.45) is 0 Å². The third-order valence-electron chi connectivity index (χ3n) is 7.81. The molecular formula is C30H49N5. The molecule has 2 fully saturated rings. The first kappa shape index (κ1) is 27.6. The molecule has 1 aliphatic carbocycles. The van der Waals surface area contributed by atoms with Gasteiger partial charge in [-0.25, -0.2) is 9.97 Å². The van der Waals surface area contributed by atoms with Crippen molar-refractivity contribution in [3.8, 4) is 0 Å². The summed E-state index contributed by atoms with van der Waals surface area (Å²) in [4.78, 5) is 17.4. The molecule has 1 aromatic rings. The summed E-state index contributed by atoms with van der Waals surface area (Å²) in [7, 11) is 0. The monoisotopic (exact) mass is 479 g/mol. The number of allylic oxidation sites excluding steroid dienone is 3. The van der Waals surface area contributed by atoms with Gasteiger partial charge in [0, 0.05) is 64.0 Å². The molecule has 1 saturated carbocycles. The van der Waals surface area contributed by atoms with Crippen LogP contribution in [0.1, 0.15) is 77.5 Å². The third kappa shape index (κ3) is 8.01. The van der Waals surface area contributed by atoms with Crippen LogP contribution in [0.4, 0.5) is 5.95 Å². The zero-order valence-corrected chi connectivity index (χ0v) is 22.9. The molecule has 0 amide bonds. The van der Waals surface area contributed by atoms with E-state index >= 15 is 0 Å². The van der Waals surface area contributed by atoms with Crippen molar-refractivity contribution in [3.63, 3.8) is 0 Å².